The van der Waals surface area contributed by atoms with Crippen LogP contribution in [0.4, 0.5) is 4.39 Å². The van der Waals surface area contributed by atoms with E-state index in [0.29, 0.717) is 12.7 Å². The van der Waals surface area contributed by atoms with Gasteiger partial charge in [-0.25, -0.2) is 4.39 Å². The van der Waals surface area contributed by atoms with Gasteiger partial charge < -0.3 is 9.47 Å². The second kappa shape index (κ2) is 5.85. The van der Waals surface area contributed by atoms with Gasteiger partial charge in [-0.05, 0) is 49.9 Å². The summed E-state index contributed by atoms with van der Waals surface area (Å²) >= 11 is 0. The van der Waals surface area contributed by atoms with Crippen molar-refractivity contribution in [3.63, 3.8) is 0 Å². The first kappa shape index (κ1) is 11.4. The summed E-state index contributed by atoms with van der Waals surface area (Å²) in [5.74, 6) is 0.500. The topological polar surface area (TPSA) is 18.5 Å². The smallest absolute Gasteiger partial charge is 0.123 e. The Kier molecular flexibility index (Phi) is 4.17. The van der Waals surface area contributed by atoms with Crippen molar-refractivity contribution in [3.05, 3.63) is 30.1 Å². The van der Waals surface area contributed by atoms with E-state index in [1.165, 1.54) is 25.0 Å². The molecule has 1 atom stereocenters. The van der Waals surface area contributed by atoms with Gasteiger partial charge in [0.2, 0.25) is 0 Å². The molecule has 2 nitrogen and oxygen atoms in total. The van der Waals surface area contributed by atoms with Gasteiger partial charge in [0, 0.05) is 6.61 Å². The number of benzene rings is 1. The summed E-state index contributed by atoms with van der Waals surface area (Å²) in [5, 5.41) is 0. The molecule has 0 amide bonds. The van der Waals surface area contributed by atoms with Gasteiger partial charge in [-0.3, -0.25) is 0 Å². The Morgan fingerprint density at radius 1 is 1.31 bits per heavy atom. The molecule has 0 spiro atoms. The molecular weight excluding hydrogens is 207 g/mol. The molecule has 1 aliphatic rings. The van der Waals surface area contributed by atoms with Crippen LogP contribution in [0.1, 0.15) is 25.7 Å². The largest absolute Gasteiger partial charge is 0.494 e. The summed E-state index contributed by atoms with van der Waals surface area (Å²) in [6.45, 7) is 1.58. The van der Waals surface area contributed by atoms with Crippen LogP contribution >= 0.6 is 0 Å². The van der Waals surface area contributed by atoms with E-state index in [1.807, 2.05) is 0 Å². The summed E-state index contributed by atoms with van der Waals surface area (Å²) in [7, 11) is 0. The van der Waals surface area contributed by atoms with Crippen LogP contribution in [0.3, 0.4) is 0 Å². The third-order valence-electron chi connectivity index (χ3n) is 2.78. The number of rotatable bonds is 5. The fourth-order valence-electron chi connectivity index (χ4n) is 1.90. The Labute approximate surface area is 95.4 Å². The second-order valence-corrected chi connectivity index (χ2v) is 4.08. The van der Waals surface area contributed by atoms with Crippen molar-refractivity contribution < 1.29 is 13.9 Å². The predicted octanol–water partition coefficient (Wildman–Crippen LogP) is 3.16. The second-order valence-electron chi connectivity index (χ2n) is 4.08. The van der Waals surface area contributed by atoms with E-state index in [4.69, 9.17) is 9.47 Å². The number of hydrogen-bond acceptors (Lipinski definition) is 2. The highest BCUT2D eigenvalue weighted by atomic mass is 19.1. The number of halogens is 1. The van der Waals surface area contributed by atoms with Gasteiger partial charge in [0.15, 0.2) is 0 Å². The van der Waals surface area contributed by atoms with Crippen LogP contribution in [-0.4, -0.2) is 19.3 Å². The Hall–Kier alpha value is -1.09. The van der Waals surface area contributed by atoms with Crippen LogP contribution in [0.2, 0.25) is 0 Å². The van der Waals surface area contributed by atoms with Crippen molar-refractivity contribution in [2.75, 3.05) is 13.2 Å². The van der Waals surface area contributed by atoms with E-state index in [0.717, 1.165) is 25.2 Å². The first-order chi connectivity index (χ1) is 7.84. The molecule has 0 saturated carbocycles. The normalized spacial score (nSPS) is 19.9. The third-order valence-corrected chi connectivity index (χ3v) is 2.78. The lowest BCUT2D eigenvalue weighted by molar-refractivity contribution is 0.0981. The highest BCUT2D eigenvalue weighted by molar-refractivity contribution is 5.21. The van der Waals surface area contributed by atoms with E-state index < -0.39 is 0 Å². The van der Waals surface area contributed by atoms with Crippen LogP contribution in [-0.2, 0) is 4.74 Å². The first-order valence-electron chi connectivity index (χ1n) is 5.84. The van der Waals surface area contributed by atoms with Crippen LogP contribution in [0.5, 0.6) is 5.75 Å². The minimum atomic E-state index is -0.230. The standard InChI is InChI=1S/C13H17FO2/c14-11-5-7-13(8-6-11)16-10-2-4-12-3-1-9-15-12/h5-8,12H,1-4,9-10H2. The maximum absolute atomic E-state index is 12.6. The lowest BCUT2D eigenvalue weighted by Crippen LogP contribution is -2.07. The molecule has 1 aromatic carbocycles. The molecule has 0 aromatic heterocycles. The zero-order valence-corrected chi connectivity index (χ0v) is 9.32. The predicted molar refractivity (Wildman–Crippen MR) is 60.1 cm³/mol. The molecule has 1 unspecified atom stereocenters. The van der Waals surface area contributed by atoms with Crippen molar-refractivity contribution in [1.29, 1.82) is 0 Å². The minimum absolute atomic E-state index is 0.230. The molecule has 0 radical (unpaired) electrons. The molecule has 16 heavy (non-hydrogen) atoms. The zero-order valence-electron chi connectivity index (χ0n) is 9.32. The van der Waals surface area contributed by atoms with Crippen molar-refractivity contribution in [2.45, 2.75) is 31.8 Å². The van der Waals surface area contributed by atoms with Crippen molar-refractivity contribution in [2.24, 2.45) is 0 Å². The molecule has 1 saturated heterocycles. The van der Waals surface area contributed by atoms with E-state index in [1.54, 1.807) is 12.1 Å². The molecule has 2 rings (SSSR count). The lowest BCUT2D eigenvalue weighted by Gasteiger charge is -2.09. The first-order valence-corrected chi connectivity index (χ1v) is 5.84. The Morgan fingerprint density at radius 3 is 2.81 bits per heavy atom. The average Bonchev–Trinajstić information content (AvgIpc) is 2.80. The molecular formula is C13H17FO2. The Morgan fingerprint density at radius 2 is 2.12 bits per heavy atom. The SMILES string of the molecule is Fc1ccc(OCCCC2CCCO2)cc1. The van der Waals surface area contributed by atoms with Crippen LogP contribution < -0.4 is 4.74 Å². The van der Waals surface area contributed by atoms with E-state index in [-0.39, 0.29) is 5.82 Å². The highest BCUT2D eigenvalue weighted by Gasteiger charge is 2.14. The van der Waals surface area contributed by atoms with Crippen molar-refractivity contribution >= 4 is 0 Å². The fraction of sp³-hybridized carbons (Fsp3) is 0.538. The number of ether oxygens (including phenoxy) is 2. The lowest BCUT2D eigenvalue weighted by atomic mass is 10.1. The summed E-state index contributed by atoms with van der Waals surface area (Å²) in [6.07, 6.45) is 4.83. The van der Waals surface area contributed by atoms with Gasteiger partial charge in [-0.2, -0.15) is 0 Å². The monoisotopic (exact) mass is 224 g/mol. The van der Waals surface area contributed by atoms with Crippen LogP contribution in [0, 0.1) is 5.82 Å². The maximum Gasteiger partial charge on any atom is 0.123 e. The molecule has 1 heterocycles. The molecule has 0 bridgehead atoms. The van der Waals surface area contributed by atoms with E-state index in [9.17, 15) is 4.39 Å². The van der Waals surface area contributed by atoms with Gasteiger partial charge >= 0.3 is 0 Å². The summed E-state index contributed by atoms with van der Waals surface area (Å²) in [6, 6.07) is 6.13. The summed E-state index contributed by atoms with van der Waals surface area (Å²) in [5.41, 5.74) is 0. The van der Waals surface area contributed by atoms with Crippen molar-refractivity contribution in [1.82, 2.24) is 0 Å². The number of hydrogen-bond donors (Lipinski definition) is 0. The Bertz CT molecular complexity index is 304. The van der Waals surface area contributed by atoms with Crippen LogP contribution in [0.25, 0.3) is 0 Å². The van der Waals surface area contributed by atoms with E-state index in [2.05, 4.69) is 0 Å². The molecule has 0 N–H and O–H groups in total. The average molecular weight is 224 g/mol. The highest BCUT2D eigenvalue weighted by Crippen LogP contribution is 2.17. The molecule has 1 aromatic rings. The molecule has 0 aliphatic carbocycles. The molecule has 3 heteroatoms. The quantitative estimate of drug-likeness (QED) is 0.715. The molecule has 1 aliphatic heterocycles. The zero-order chi connectivity index (χ0) is 11.2. The fourth-order valence-corrected chi connectivity index (χ4v) is 1.90. The van der Waals surface area contributed by atoms with Gasteiger partial charge in [0.1, 0.15) is 11.6 Å². The Balaban J connectivity index is 1.62. The van der Waals surface area contributed by atoms with Gasteiger partial charge in [-0.1, -0.05) is 0 Å². The molecule has 88 valence electrons. The minimum Gasteiger partial charge on any atom is -0.494 e. The summed E-state index contributed by atoms with van der Waals surface area (Å²) in [4.78, 5) is 0. The van der Waals surface area contributed by atoms with Crippen LogP contribution in [0.15, 0.2) is 24.3 Å². The molecule has 1 fully saturated rings. The van der Waals surface area contributed by atoms with Crippen molar-refractivity contribution in [3.8, 4) is 5.75 Å². The van der Waals surface area contributed by atoms with Gasteiger partial charge in [0.25, 0.3) is 0 Å². The van der Waals surface area contributed by atoms with E-state index >= 15 is 0 Å². The maximum atomic E-state index is 12.6. The third kappa shape index (κ3) is 3.49. The summed E-state index contributed by atoms with van der Waals surface area (Å²) < 4.78 is 23.6. The van der Waals surface area contributed by atoms with Gasteiger partial charge in [0.05, 0.1) is 12.7 Å². The van der Waals surface area contributed by atoms with Gasteiger partial charge in [-0.15, -0.1) is 0 Å².